The molecule has 0 fully saturated rings. The Morgan fingerprint density at radius 3 is 2.86 bits per heavy atom. The molecule has 3 heterocycles. The molecule has 0 spiro atoms. The van der Waals surface area contributed by atoms with Gasteiger partial charge < -0.3 is 15.2 Å². The maximum atomic E-state index is 6.92. The summed E-state index contributed by atoms with van der Waals surface area (Å²) < 4.78 is 8.66. The molecule has 2 aromatic carbocycles. The van der Waals surface area contributed by atoms with Crippen LogP contribution in [0.3, 0.4) is 0 Å². The van der Waals surface area contributed by atoms with Crippen LogP contribution >= 0.6 is 0 Å². The van der Waals surface area contributed by atoms with Gasteiger partial charge in [-0.25, -0.2) is 0 Å². The minimum Gasteiger partial charge on any atom is -0.464 e. The van der Waals surface area contributed by atoms with Gasteiger partial charge in [-0.15, -0.1) is 6.42 Å². The normalized spacial score (nSPS) is 19.9. The van der Waals surface area contributed by atoms with E-state index >= 15 is 0 Å². The molecule has 4 heteroatoms. The van der Waals surface area contributed by atoms with Crippen LogP contribution in [-0.2, 0) is 6.42 Å². The van der Waals surface area contributed by atoms with Crippen LogP contribution in [0.4, 0.5) is 5.69 Å². The van der Waals surface area contributed by atoms with Gasteiger partial charge in [0.15, 0.2) is 0 Å². The van der Waals surface area contributed by atoms with Crippen molar-refractivity contribution in [2.24, 2.45) is 0 Å². The van der Waals surface area contributed by atoms with Gasteiger partial charge in [-0.2, -0.15) is 0 Å². The van der Waals surface area contributed by atoms with Crippen LogP contribution < -0.4 is 10.7 Å². The number of anilines is 1. The predicted molar refractivity (Wildman–Crippen MR) is 142 cm³/mol. The number of nitrogens with two attached hydrogens (primary N) is 1. The number of aromatic nitrogens is 1. The van der Waals surface area contributed by atoms with Crippen molar-refractivity contribution in [1.29, 1.82) is 0 Å². The van der Waals surface area contributed by atoms with Crippen molar-refractivity contribution < 1.29 is 4.42 Å². The fraction of sp³-hybridized carbons (Fsp3) is 0.161. The second-order valence-corrected chi connectivity index (χ2v) is 9.45. The lowest BCUT2D eigenvalue weighted by molar-refractivity contribution is 0.423. The minimum absolute atomic E-state index is 0.0284. The lowest BCUT2D eigenvalue weighted by atomic mass is 9.78. The molecule has 2 atom stereocenters. The summed E-state index contributed by atoms with van der Waals surface area (Å²) >= 11 is 0. The Morgan fingerprint density at radius 2 is 1.97 bits per heavy atom. The SMILES string of the molecule is C#C/C=C\C=C(/C)N1c2ccccc2C2c3oc4c(c3-c3c(n(N)c5ccccc35)C21)C=CCC4. The molecule has 2 N–H and O–H groups in total. The Balaban J connectivity index is 1.60. The van der Waals surface area contributed by atoms with Gasteiger partial charge in [-0.1, -0.05) is 60.5 Å². The third-order valence-electron chi connectivity index (χ3n) is 7.67. The molecule has 7 rings (SSSR count). The number of rotatable bonds is 2. The Hall–Kier alpha value is -4.36. The molecule has 170 valence electrons. The first kappa shape index (κ1) is 20.1. The molecule has 2 unspecified atom stereocenters. The number of nitrogens with zero attached hydrogens (tertiary/aromatic N) is 2. The molecule has 0 radical (unpaired) electrons. The average molecular weight is 456 g/mol. The van der Waals surface area contributed by atoms with E-state index in [0.29, 0.717) is 0 Å². The summed E-state index contributed by atoms with van der Waals surface area (Å²) in [6.45, 7) is 2.13. The Kier molecular flexibility index (Phi) is 4.19. The van der Waals surface area contributed by atoms with Gasteiger partial charge >= 0.3 is 0 Å². The van der Waals surface area contributed by atoms with Crippen LogP contribution in [0.15, 0.2) is 82.9 Å². The molecule has 4 aromatic rings. The fourth-order valence-electron chi connectivity index (χ4n) is 6.34. The highest BCUT2D eigenvalue weighted by Gasteiger charge is 2.51. The van der Waals surface area contributed by atoms with Gasteiger partial charge in [0.25, 0.3) is 0 Å². The number of furan rings is 1. The molecule has 2 aliphatic carbocycles. The summed E-state index contributed by atoms with van der Waals surface area (Å²) in [4.78, 5) is 2.40. The minimum atomic E-state index is -0.0284. The molecule has 0 saturated heterocycles. The molecule has 0 bridgehead atoms. The maximum absolute atomic E-state index is 6.92. The van der Waals surface area contributed by atoms with E-state index in [2.05, 4.69) is 84.5 Å². The van der Waals surface area contributed by atoms with E-state index in [-0.39, 0.29) is 12.0 Å². The molecule has 0 amide bonds. The number of aryl methyl sites for hydroxylation is 1. The summed E-state index contributed by atoms with van der Waals surface area (Å²) in [5.74, 6) is 11.7. The molecule has 3 aliphatic rings. The van der Waals surface area contributed by atoms with Gasteiger partial charge in [-0.3, -0.25) is 4.68 Å². The first-order valence-electron chi connectivity index (χ1n) is 12.1. The Bertz CT molecular complexity index is 1650. The monoisotopic (exact) mass is 455 g/mol. The number of hydrogen-bond acceptors (Lipinski definition) is 3. The van der Waals surface area contributed by atoms with E-state index in [1.54, 1.807) is 6.08 Å². The topological polar surface area (TPSA) is 47.3 Å². The second kappa shape index (κ2) is 7.32. The molecule has 1 aliphatic heterocycles. The third-order valence-corrected chi connectivity index (χ3v) is 7.67. The maximum Gasteiger partial charge on any atom is 0.122 e. The first-order chi connectivity index (χ1) is 17.2. The number of fused-ring (bicyclic) bond motifs is 12. The smallest absolute Gasteiger partial charge is 0.122 e. The van der Waals surface area contributed by atoms with Crippen LogP contribution in [0, 0.1) is 12.3 Å². The molecule has 4 nitrogen and oxygen atoms in total. The number of para-hydroxylation sites is 2. The van der Waals surface area contributed by atoms with Crippen LogP contribution in [-0.4, -0.2) is 4.68 Å². The standard InChI is InChI=1S/C31H25N3O/c1-3-4-5-12-19(2)33-23-16-9-6-13-20(23)28-29(33)30-26(21-14-7-10-17-24(21)34(30)32)27-22-15-8-11-18-25(22)35-31(27)28/h1,4-10,12-17,28-29H,11,18,32H2,2H3/b5-4-,19-12+. The van der Waals surface area contributed by atoms with E-state index in [0.717, 1.165) is 46.7 Å². The van der Waals surface area contributed by atoms with Crippen molar-refractivity contribution in [2.45, 2.75) is 31.7 Å². The highest BCUT2D eigenvalue weighted by molar-refractivity contribution is 6.03. The second-order valence-electron chi connectivity index (χ2n) is 9.45. The highest BCUT2D eigenvalue weighted by Crippen LogP contribution is 2.62. The van der Waals surface area contributed by atoms with Crippen LogP contribution in [0.2, 0.25) is 0 Å². The van der Waals surface area contributed by atoms with Crippen molar-refractivity contribution in [2.75, 3.05) is 10.7 Å². The quantitative estimate of drug-likeness (QED) is 0.208. The summed E-state index contributed by atoms with van der Waals surface area (Å²) in [7, 11) is 0. The summed E-state index contributed by atoms with van der Waals surface area (Å²) in [5.41, 5.74) is 9.31. The van der Waals surface area contributed by atoms with Gasteiger partial charge in [0.1, 0.15) is 11.5 Å². The lowest BCUT2D eigenvalue weighted by Crippen LogP contribution is -2.31. The first-order valence-corrected chi connectivity index (χ1v) is 12.1. The molecule has 2 aromatic heterocycles. The largest absolute Gasteiger partial charge is 0.464 e. The fourth-order valence-corrected chi connectivity index (χ4v) is 6.34. The van der Waals surface area contributed by atoms with E-state index < -0.39 is 0 Å². The van der Waals surface area contributed by atoms with Crippen LogP contribution in [0.5, 0.6) is 0 Å². The Labute approximate surface area is 204 Å². The van der Waals surface area contributed by atoms with E-state index in [4.69, 9.17) is 16.7 Å². The van der Waals surface area contributed by atoms with Crippen molar-refractivity contribution in [1.82, 2.24) is 4.68 Å². The number of allylic oxidation sites excluding steroid dienone is 5. The number of nitrogen functional groups attached to an aromatic ring is 1. The van der Waals surface area contributed by atoms with Gasteiger partial charge in [0, 0.05) is 39.9 Å². The van der Waals surface area contributed by atoms with Crippen molar-refractivity contribution >= 4 is 22.7 Å². The summed E-state index contributed by atoms with van der Waals surface area (Å²) in [6, 6.07) is 17.0. The average Bonchev–Trinajstić information content (AvgIpc) is 3.52. The van der Waals surface area contributed by atoms with E-state index in [1.165, 1.54) is 27.9 Å². The van der Waals surface area contributed by atoms with Crippen molar-refractivity contribution in [3.8, 4) is 23.5 Å². The lowest BCUT2D eigenvalue weighted by Gasteiger charge is -2.34. The molecule has 0 saturated carbocycles. The van der Waals surface area contributed by atoms with Gasteiger partial charge in [-0.05, 0) is 43.2 Å². The summed E-state index contributed by atoms with van der Waals surface area (Å²) in [6.07, 6.45) is 17.6. The van der Waals surface area contributed by atoms with Crippen LogP contribution in [0.25, 0.3) is 28.1 Å². The zero-order valence-electron chi connectivity index (χ0n) is 19.5. The van der Waals surface area contributed by atoms with Gasteiger partial charge in [0.05, 0.1) is 23.2 Å². The zero-order chi connectivity index (χ0) is 23.7. The third kappa shape index (κ3) is 2.58. The number of hydrogen-bond donors (Lipinski definition) is 1. The van der Waals surface area contributed by atoms with Crippen LogP contribution in [0.1, 0.15) is 53.6 Å². The van der Waals surface area contributed by atoms with E-state index in [9.17, 15) is 0 Å². The summed E-state index contributed by atoms with van der Waals surface area (Å²) in [5, 5.41) is 1.16. The van der Waals surface area contributed by atoms with E-state index in [1.807, 2.05) is 10.8 Å². The highest BCUT2D eigenvalue weighted by atomic mass is 16.3. The van der Waals surface area contributed by atoms with Crippen molar-refractivity contribution in [3.05, 3.63) is 107 Å². The molecular weight excluding hydrogens is 430 g/mol. The van der Waals surface area contributed by atoms with Crippen molar-refractivity contribution in [3.63, 3.8) is 0 Å². The molecular formula is C31H25N3O. The predicted octanol–water partition coefficient (Wildman–Crippen LogP) is 6.67. The number of benzene rings is 2. The zero-order valence-corrected chi connectivity index (χ0v) is 19.5. The number of terminal acetylenes is 1. The molecule has 35 heavy (non-hydrogen) atoms. The Morgan fingerprint density at radius 1 is 1.14 bits per heavy atom. The van der Waals surface area contributed by atoms with Gasteiger partial charge in [0.2, 0.25) is 0 Å².